The Labute approximate surface area is 248 Å². The molecule has 0 spiro atoms. The van der Waals surface area contributed by atoms with Crippen molar-refractivity contribution in [2.75, 3.05) is 20.6 Å². The molecule has 0 aromatic heterocycles. The largest absolute Gasteiger partial charge is 0.481 e. The lowest BCUT2D eigenvalue weighted by molar-refractivity contribution is -0.150. The third-order valence-corrected chi connectivity index (χ3v) is 7.68. The number of hydrogen-bond acceptors (Lipinski definition) is 4. The number of esters is 1. The molecule has 0 aliphatic rings. The molecule has 0 saturated carbocycles. The van der Waals surface area contributed by atoms with Crippen molar-refractivity contribution in [3.63, 3.8) is 0 Å². The van der Waals surface area contributed by atoms with Crippen molar-refractivity contribution in [2.45, 2.75) is 161 Å². The third-order valence-electron chi connectivity index (χ3n) is 7.68. The Kier molecular flexibility index (Phi) is 27.7. The third kappa shape index (κ3) is 26.6. The van der Waals surface area contributed by atoms with Gasteiger partial charge >= 0.3 is 11.9 Å². The molecule has 0 aromatic rings. The molecule has 5 heteroatoms. The van der Waals surface area contributed by atoms with Gasteiger partial charge in [0.2, 0.25) is 0 Å². The van der Waals surface area contributed by atoms with E-state index in [1.165, 1.54) is 70.6 Å². The molecule has 0 saturated heterocycles. The zero-order chi connectivity index (χ0) is 29.7. The molecule has 0 amide bonds. The van der Waals surface area contributed by atoms with Crippen LogP contribution in [-0.2, 0) is 14.3 Å². The Morgan fingerprint density at radius 1 is 0.700 bits per heavy atom. The monoisotopic (exact) mass is 563 g/mol. The van der Waals surface area contributed by atoms with Crippen molar-refractivity contribution in [3.8, 4) is 0 Å². The quantitative estimate of drug-likeness (QED) is 0.0557. The Morgan fingerprint density at radius 3 is 1.77 bits per heavy atom. The molecule has 0 fully saturated rings. The number of carboxylic acids is 1. The molecule has 234 valence electrons. The number of nitrogens with zero attached hydrogens (tertiary/aromatic N) is 1. The first-order valence-electron chi connectivity index (χ1n) is 16.8. The maximum Gasteiger partial charge on any atom is 0.306 e. The minimum absolute atomic E-state index is 0.00581. The number of carboxylic acid groups (broad SMARTS) is 1. The highest BCUT2D eigenvalue weighted by molar-refractivity contribution is 5.70. The van der Waals surface area contributed by atoms with Gasteiger partial charge < -0.3 is 14.7 Å². The summed E-state index contributed by atoms with van der Waals surface area (Å²) in [4.78, 5) is 25.7. The van der Waals surface area contributed by atoms with Gasteiger partial charge in [-0.25, -0.2) is 0 Å². The van der Waals surface area contributed by atoms with E-state index >= 15 is 0 Å². The lowest BCUT2D eigenvalue weighted by Gasteiger charge is -2.19. The van der Waals surface area contributed by atoms with Crippen molar-refractivity contribution < 1.29 is 19.4 Å². The molecule has 0 rings (SSSR count). The van der Waals surface area contributed by atoms with Crippen LogP contribution in [0.1, 0.15) is 155 Å². The van der Waals surface area contributed by atoms with Gasteiger partial charge in [0, 0.05) is 6.42 Å². The van der Waals surface area contributed by atoms with E-state index in [1.54, 1.807) is 0 Å². The fourth-order valence-electron chi connectivity index (χ4n) is 5.03. The zero-order valence-corrected chi connectivity index (χ0v) is 26.8. The minimum atomic E-state index is -0.680. The summed E-state index contributed by atoms with van der Waals surface area (Å²) in [5, 5.41) is 9.23. The van der Waals surface area contributed by atoms with E-state index in [1.807, 2.05) is 21.0 Å². The summed E-state index contributed by atoms with van der Waals surface area (Å²) < 4.78 is 5.89. The van der Waals surface area contributed by atoms with E-state index in [2.05, 4.69) is 36.1 Å². The molecule has 0 aromatic carbocycles. The van der Waals surface area contributed by atoms with E-state index in [0.29, 0.717) is 12.8 Å². The highest BCUT2D eigenvalue weighted by atomic mass is 16.5. The number of ether oxygens (including phenoxy) is 1. The summed E-state index contributed by atoms with van der Waals surface area (Å²) in [6.07, 6.45) is 33.0. The van der Waals surface area contributed by atoms with Crippen LogP contribution in [0.25, 0.3) is 0 Å². The number of carbonyl (C=O) groups is 2. The number of allylic oxidation sites excluding steroid dienone is 4. The number of hydrogen-bond donors (Lipinski definition) is 1. The minimum Gasteiger partial charge on any atom is -0.481 e. The van der Waals surface area contributed by atoms with Crippen LogP contribution in [0, 0.1) is 5.92 Å². The first-order valence-corrected chi connectivity index (χ1v) is 16.8. The lowest BCUT2D eigenvalue weighted by atomic mass is 9.97. The van der Waals surface area contributed by atoms with Crippen molar-refractivity contribution in [3.05, 3.63) is 24.3 Å². The van der Waals surface area contributed by atoms with Crippen LogP contribution in [0.5, 0.6) is 0 Å². The Morgan fingerprint density at radius 2 is 1.23 bits per heavy atom. The molecule has 40 heavy (non-hydrogen) atoms. The molecule has 0 aliphatic heterocycles. The van der Waals surface area contributed by atoms with Gasteiger partial charge in [0.1, 0.15) is 6.10 Å². The zero-order valence-electron chi connectivity index (χ0n) is 26.8. The first-order chi connectivity index (χ1) is 19.4. The van der Waals surface area contributed by atoms with Gasteiger partial charge in [0.05, 0.1) is 5.92 Å². The Balaban J connectivity index is 4.05. The summed E-state index contributed by atoms with van der Waals surface area (Å²) in [5.41, 5.74) is 0. The van der Waals surface area contributed by atoms with Crippen molar-refractivity contribution in [2.24, 2.45) is 5.92 Å². The average molecular weight is 564 g/mol. The van der Waals surface area contributed by atoms with E-state index in [-0.39, 0.29) is 18.0 Å². The van der Waals surface area contributed by atoms with Gasteiger partial charge in [-0.2, -0.15) is 0 Å². The summed E-state index contributed by atoms with van der Waals surface area (Å²) in [5.74, 6) is -0.977. The topological polar surface area (TPSA) is 66.8 Å². The van der Waals surface area contributed by atoms with Crippen LogP contribution in [0.2, 0.25) is 0 Å². The molecule has 5 nitrogen and oxygen atoms in total. The van der Waals surface area contributed by atoms with Crippen LogP contribution in [0.3, 0.4) is 0 Å². The van der Waals surface area contributed by atoms with Crippen molar-refractivity contribution in [1.29, 1.82) is 0 Å². The van der Waals surface area contributed by atoms with Crippen molar-refractivity contribution in [1.82, 2.24) is 4.90 Å². The molecule has 2 atom stereocenters. The summed E-state index contributed by atoms with van der Waals surface area (Å²) in [6.45, 7) is 5.09. The van der Waals surface area contributed by atoms with Crippen molar-refractivity contribution >= 4 is 11.9 Å². The summed E-state index contributed by atoms with van der Waals surface area (Å²) >= 11 is 0. The van der Waals surface area contributed by atoms with Gasteiger partial charge in [-0.3, -0.25) is 9.59 Å². The number of aliphatic carboxylic acids is 1. The standard InChI is InChI=1S/C35H65NO4/c1-5-7-8-9-10-11-12-13-14-15-16-17-18-19-20-21-24-28-33(40-34(37)30-26-31-36(3)4)29-25-22-23-27-32(6-2)35(38)39/h10-11,13-14,32-33H,5-9,12,15-31H2,1-4H3,(H,38,39)/b11-10-,14-13-. The van der Waals surface area contributed by atoms with Crippen LogP contribution >= 0.6 is 0 Å². The average Bonchev–Trinajstić information content (AvgIpc) is 2.91. The summed E-state index contributed by atoms with van der Waals surface area (Å²) in [7, 11) is 4.04. The van der Waals surface area contributed by atoms with E-state index in [0.717, 1.165) is 64.3 Å². The molecule has 0 heterocycles. The number of carbonyl (C=O) groups excluding carboxylic acids is 1. The molecule has 2 unspecified atom stereocenters. The number of unbranched alkanes of at least 4 members (excludes halogenated alkanes) is 12. The molecule has 0 bridgehead atoms. The van der Waals surface area contributed by atoms with E-state index in [9.17, 15) is 14.7 Å². The Hall–Kier alpha value is -1.62. The smallest absolute Gasteiger partial charge is 0.306 e. The van der Waals surface area contributed by atoms with E-state index in [4.69, 9.17) is 4.74 Å². The molecular weight excluding hydrogens is 498 g/mol. The van der Waals surface area contributed by atoms with Crippen LogP contribution in [-0.4, -0.2) is 48.7 Å². The van der Waals surface area contributed by atoms with Gasteiger partial charge in [-0.15, -0.1) is 0 Å². The predicted octanol–water partition coefficient (Wildman–Crippen LogP) is 9.89. The second-order valence-corrected chi connectivity index (χ2v) is 11.8. The lowest BCUT2D eigenvalue weighted by Crippen LogP contribution is -2.20. The van der Waals surface area contributed by atoms with Gasteiger partial charge in [0.15, 0.2) is 0 Å². The Bertz CT molecular complexity index is 643. The van der Waals surface area contributed by atoms with Gasteiger partial charge in [0.25, 0.3) is 0 Å². The van der Waals surface area contributed by atoms with Crippen LogP contribution in [0.15, 0.2) is 24.3 Å². The normalized spacial score (nSPS) is 13.4. The molecule has 1 N–H and O–H groups in total. The second-order valence-electron chi connectivity index (χ2n) is 11.8. The highest BCUT2D eigenvalue weighted by Gasteiger charge is 2.16. The summed E-state index contributed by atoms with van der Waals surface area (Å²) in [6, 6.07) is 0. The molecule has 0 aliphatic carbocycles. The molecule has 0 radical (unpaired) electrons. The second kappa shape index (κ2) is 28.9. The maximum absolute atomic E-state index is 12.4. The van der Waals surface area contributed by atoms with Gasteiger partial charge in [-0.1, -0.05) is 95.9 Å². The fourth-order valence-corrected chi connectivity index (χ4v) is 5.03. The van der Waals surface area contributed by atoms with Crippen LogP contribution < -0.4 is 0 Å². The SMILES string of the molecule is CCCCC/C=C\C/C=C\CCCCCCCCCC(CCCCCC(CC)C(=O)O)OC(=O)CCCN(C)C. The van der Waals surface area contributed by atoms with E-state index < -0.39 is 5.97 Å². The first kappa shape index (κ1) is 38.4. The molecular formula is C35H65NO4. The van der Waals surface area contributed by atoms with Crippen LogP contribution in [0.4, 0.5) is 0 Å². The fraction of sp³-hybridized carbons (Fsp3) is 0.829. The number of rotatable bonds is 29. The predicted molar refractivity (Wildman–Crippen MR) is 171 cm³/mol. The van der Waals surface area contributed by atoms with Gasteiger partial charge in [-0.05, 0) is 97.7 Å². The highest BCUT2D eigenvalue weighted by Crippen LogP contribution is 2.19. The maximum atomic E-state index is 12.4.